The first-order chi connectivity index (χ1) is 17.0. The first kappa shape index (κ1) is 25.5. The topological polar surface area (TPSA) is 126 Å². The fraction of sp³-hybridized carbons (Fsp3) is 0.231. The van der Waals surface area contributed by atoms with E-state index >= 15 is 0 Å². The Balaban J connectivity index is 1.83. The number of methoxy groups -OCH3 is 2. The smallest absolute Gasteiger partial charge is 0.412 e. The zero-order chi connectivity index (χ0) is 25.2. The van der Waals surface area contributed by atoms with Crippen LogP contribution in [0.15, 0.2) is 72.8 Å². The van der Waals surface area contributed by atoms with Crippen molar-refractivity contribution >= 4 is 28.5 Å². The summed E-state index contributed by atoms with van der Waals surface area (Å²) in [4.78, 5) is 24.2. The number of nitrogens with one attached hydrogen (secondary N) is 2. The normalized spacial score (nSPS) is 12.8. The number of aromatic hydroxyl groups is 1. The third-order valence-corrected chi connectivity index (χ3v) is 5.43. The molecule has 3 aromatic carbocycles. The summed E-state index contributed by atoms with van der Waals surface area (Å²) < 4.78 is 16.5. The van der Waals surface area contributed by atoms with E-state index in [9.17, 15) is 14.7 Å². The molecule has 0 saturated carbocycles. The van der Waals surface area contributed by atoms with Gasteiger partial charge in [0.25, 0.3) is 5.91 Å². The maximum absolute atomic E-state index is 13.0. The van der Waals surface area contributed by atoms with Crippen LogP contribution in [0, 0.1) is 0 Å². The first-order valence-corrected chi connectivity index (χ1v) is 10.9. The van der Waals surface area contributed by atoms with Gasteiger partial charge in [-0.2, -0.15) is 0 Å². The molecule has 0 saturated heterocycles. The zero-order valence-electron chi connectivity index (χ0n) is 19.4. The first-order valence-electron chi connectivity index (χ1n) is 10.9. The van der Waals surface area contributed by atoms with Gasteiger partial charge in [-0.15, -0.1) is 0 Å². The van der Waals surface area contributed by atoms with E-state index in [-0.39, 0.29) is 11.5 Å². The Labute approximate surface area is 202 Å². The van der Waals surface area contributed by atoms with Crippen LogP contribution < -0.4 is 15.5 Å². The van der Waals surface area contributed by atoms with Crippen LogP contribution in [-0.2, 0) is 14.3 Å². The van der Waals surface area contributed by atoms with Crippen LogP contribution in [0.1, 0.15) is 24.5 Å². The van der Waals surface area contributed by atoms with Crippen LogP contribution in [0.4, 0.5) is 10.5 Å². The van der Waals surface area contributed by atoms with Crippen molar-refractivity contribution in [1.29, 1.82) is 0 Å². The number of anilines is 1. The van der Waals surface area contributed by atoms with E-state index in [2.05, 4.69) is 5.32 Å². The second kappa shape index (κ2) is 12.4. The van der Waals surface area contributed by atoms with Crippen LogP contribution in [0.25, 0.3) is 10.8 Å². The molecule has 2 amide bonds. The van der Waals surface area contributed by atoms with Gasteiger partial charge in [-0.25, -0.2) is 10.3 Å². The van der Waals surface area contributed by atoms with Gasteiger partial charge < -0.3 is 19.3 Å². The lowest BCUT2D eigenvalue weighted by Gasteiger charge is -2.27. The summed E-state index contributed by atoms with van der Waals surface area (Å²) in [5, 5.41) is 23.5. The number of ether oxygens (including phenoxy) is 3. The number of hydroxylamine groups is 1. The number of hydrogen-bond donors (Lipinski definition) is 4. The summed E-state index contributed by atoms with van der Waals surface area (Å²) in [6.45, 7) is 0. The number of allylic oxidation sites excluding steroid dienone is 1. The van der Waals surface area contributed by atoms with Crippen molar-refractivity contribution in [3.63, 3.8) is 0 Å². The second-order valence-corrected chi connectivity index (χ2v) is 7.64. The molecule has 0 aliphatic rings. The van der Waals surface area contributed by atoms with Gasteiger partial charge in [0.2, 0.25) is 0 Å². The molecule has 9 heteroatoms. The van der Waals surface area contributed by atoms with Crippen molar-refractivity contribution in [3.05, 3.63) is 78.4 Å². The monoisotopic (exact) mass is 480 g/mol. The highest BCUT2D eigenvalue weighted by molar-refractivity contribution is 6.00. The van der Waals surface area contributed by atoms with Gasteiger partial charge in [0.15, 0.2) is 17.6 Å². The minimum absolute atomic E-state index is 0.109. The Morgan fingerprint density at radius 1 is 1.06 bits per heavy atom. The van der Waals surface area contributed by atoms with Crippen LogP contribution in [0.5, 0.6) is 11.5 Å². The predicted molar refractivity (Wildman–Crippen MR) is 131 cm³/mol. The summed E-state index contributed by atoms with van der Waals surface area (Å²) >= 11 is 0. The molecule has 0 radical (unpaired) electrons. The van der Waals surface area contributed by atoms with Gasteiger partial charge in [0, 0.05) is 18.6 Å². The number of carbonyl (C=O) groups is 2. The quantitative estimate of drug-likeness (QED) is 0.188. The van der Waals surface area contributed by atoms with Gasteiger partial charge in [-0.3, -0.25) is 15.3 Å². The Kier molecular flexibility index (Phi) is 9.05. The molecule has 9 nitrogen and oxygen atoms in total. The molecule has 0 aromatic heterocycles. The molecule has 0 spiro atoms. The Morgan fingerprint density at radius 3 is 2.54 bits per heavy atom. The lowest BCUT2D eigenvalue weighted by Crippen LogP contribution is -2.28. The van der Waals surface area contributed by atoms with Crippen molar-refractivity contribution in [2.24, 2.45) is 0 Å². The number of hydrogen-bond acceptors (Lipinski definition) is 7. The third-order valence-electron chi connectivity index (χ3n) is 5.43. The summed E-state index contributed by atoms with van der Waals surface area (Å²) in [6, 6.07) is 17.9. The maximum Gasteiger partial charge on any atom is 0.412 e. The summed E-state index contributed by atoms with van der Waals surface area (Å²) in [7, 11) is 2.92. The Hall–Kier alpha value is -4.08. The highest BCUT2D eigenvalue weighted by Gasteiger charge is 2.28. The molecule has 184 valence electrons. The van der Waals surface area contributed by atoms with Gasteiger partial charge >= 0.3 is 6.09 Å². The Bertz CT molecular complexity index is 1190. The molecule has 3 rings (SSSR count). The minimum Gasteiger partial charge on any atom is -0.504 e. The lowest BCUT2D eigenvalue weighted by atomic mass is 9.99. The molecule has 0 aliphatic heterocycles. The molecule has 0 unspecified atom stereocenters. The predicted octanol–water partition coefficient (Wildman–Crippen LogP) is 4.70. The number of phenols is 1. The molecular formula is C26H28N2O7. The average Bonchev–Trinajstić information content (AvgIpc) is 2.87. The number of benzene rings is 3. The van der Waals surface area contributed by atoms with Crippen LogP contribution in [0.2, 0.25) is 0 Å². The van der Waals surface area contributed by atoms with E-state index in [0.717, 1.165) is 10.8 Å². The van der Waals surface area contributed by atoms with Crippen molar-refractivity contribution in [2.75, 3.05) is 19.5 Å². The summed E-state index contributed by atoms with van der Waals surface area (Å²) in [5.41, 5.74) is 2.61. The summed E-state index contributed by atoms with van der Waals surface area (Å²) in [5.74, 6) is -0.483. The van der Waals surface area contributed by atoms with E-state index in [1.54, 1.807) is 24.3 Å². The molecule has 0 bridgehead atoms. The highest BCUT2D eigenvalue weighted by Crippen LogP contribution is 2.34. The van der Waals surface area contributed by atoms with E-state index in [1.807, 2.05) is 36.4 Å². The molecule has 35 heavy (non-hydrogen) atoms. The molecule has 0 fully saturated rings. The van der Waals surface area contributed by atoms with Crippen LogP contribution in [-0.4, -0.2) is 42.6 Å². The Morgan fingerprint density at radius 2 is 1.83 bits per heavy atom. The average molecular weight is 481 g/mol. The second-order valence-electron chi connectivity index (χ2n) is 7.64. The highest BCUT2D eigenvalue weighted by atomic mass is 16.6. The molecule has 4 N–H and O–H groups in total. The van der Waals surface area contributed by atoms with Gasteiger partial charge in [0.05, 0.1) is 18.9 Å². The van der Waals surface area contributed by atoms with E-state index in [1.165, 1.54) is 31.8 Å². The molecule has 0 heterocycles. The molecule has 0 aliphatic carbocycles. The zero-order valence-corrected chi connectivity index (χ0v) is 19.4. The van der Waals surface area contributed by atoms with Crippen LogP contribution in [0.3, 0.4) is 0 Å². The molecular weight excluding hydrogens is 452 g/mol. The third kappa shape index (κ3) is 6.72. The fourth-order valence-corrected chi connectivity index (χ4v) is 3.71. The minimum atomic E-state index is -0.883. The van der Waals surface area contributed by atoms with Crippen molar-refractivity contribution in [1.82, 2.24) is 5.48 Å². The van der Waals surface area contributed by atoms with E-state index in [0.29, 0.717) is 24.1 Å². The number of amides is 2. The van der Waals surface area contributed by atoms with Crippen LogP contribution >= 0.6 is 0 Å². The van der Waals surface area contributed by atoms with Gasteiger partial charge in [-0.05, 0) is 42.0 Å². The number of fused-ring (bicyclic) bond motifs is 1. The molecule has 2 atom stereocenters. The maximum atomic E-state index is 13.0. The van der Waals surface area contributed by atoms with Crippen molar-refractivity contribution < 1.29 is 34.1 Å². The van der Waals surface area contributed by atoms with Crippen molar-refractivity contribution in [3.8, 4) is 11.5 Å². The standard InChI is InChI=1S/C26H28N2O7/c1-33-22-15-14-18(16-21(22)29)25(23(34-2)12-5-6-13-24(30)28-32)35-26(31)27-20-11-7-9-17-8-3-4-10-19(17)20/h3-4,6-11,13-16,23,25,29,32H,5,12H2,1-2H3,(H,27,31)(H,28,30)/b13-6+/t23-,25-/m0/s1. The van der Waals surface area contributed by atoms with Crippen molar-refractivity contribution in [2.45, 2.75) is 25.0 Å². The molecule has 3 aromatic rings. The van der Waals surface area contributed by atoms with E-state index < -0.39 is 24.2 Å². The van der Waals surface area contributed by atoms with Gasteiger partial charge in [-0.1, -0.05) is 48.5 Å². The van der Waals surface area contributed by atoms with E-state index in [4.69, 9.17) is 19.4 Å². The fourth-order valence-electron chi connectivity index (χ4n) is 3.71. The number of phenolic OH excluding ortho intramolecular Hbond substituents is 1. The number of rotatable bonds is 10. The SMILES string of the molecule is COc1ccc([C@H](OC(=O)Nc2cccc3ccccc23)[C@H](CC/C=C/C(=O)NO)OC)cc1O. The lowest BCUT2D eigenvalue weighted by molar-refractivity contribution is -0.124. The number of carbonyl (C=O) groups excluding carboxylic acids is 2. The van der Waals surface area contributed by atoms with Gasteiger partial charge in [0.1, 0.15) is 0 Å². The summed E-state index contributed by atoms with van der Waals surface area (Å²) in [6.07, 6.45) is 1.35. The largest absolute Gasteiger partial charge is 0.504 e.